The molecule has 0 spiro atoms. The highest BCUT2D eigenvalue weighted by Crippen LogP contribution is 2.21. The van der Waals surface area contributed by atoms with Gasteiger partial charge in [-0.15, -0.1) is 0 Å². The van der Waals surface area contributed by atoms with Crippen LogP contribution in [0.4, 0.5) is 0 Å². The molecule has 0 aromatic heterocycles. The Bertz CT molecular complexity index is 375. The number of hydrogen-bond acceptors (Lipinski definition) is 3. The smallest absolute Gasteiger partial charge is 0.223 e. The molecule has 0 heterocycles. The monoisotopic (exact) mass is 264 g/mol. The van der Waals surface area contributed by atoms with Crippen LogP contribution in [0.2, 0.25) is 0 Å². The van der Waals surface area contributed by atoms with Crippen LogP contribution in [0.1, 0.15) is 31.9 Å². The molecule has 1 amide bonds. The highest BCUT2D eigenvalue weighted by Gasteiger charge is 2.19. The fourth-order valence-corrected chi connectivity index (χ4v) is 2.00. The number of rotatable bonds is 7. The van der Waals surface area contributed by atoms with E-state index in [1.165, 1.54) is 0 Å². The third-order valence-electron chi connectivity index (χ3n) is 3.15. The van der Waals surface area contributed by atoms with E-state index in [1.54, 1.807) is 7.11 Å². The Kier molecular flexibility index (Phi) is 6.53. The topological polar surface area (TPSA) is 64.3 Å². The first kappa shape index (κ1) is 15.7. The third kappa shape index (κ3) is 5.01. The van der Waals surface area contributed by atoms with Crippen molar-refractivity contribution in [2.24, 2.45) is 11.7 Å². The molecule has 2 unspecified atom stereocenters. The van der Waals surface area contributed by atoms with Crippen molar-refractivity contribution in [3.8, 4) is 0 Å². The van der Waals surface area contributed by atoms with Gasteiger partial charge in [0.05, 0.1) is 18.6 Å². The lowest BCUT2D eigenvalue weighted by Crippen LogP contribution is -2.36. The van der Waals surface area contributed by atoms with Crippen LogP contribution in [0.5, 0.6) is 0 Å². The second kappa shape index (κ2) is 7.92. The molecule has 1 aromatic rings. The lowest BCUT2D eigenvalue weighted by atomic mass is 9.96. The second-order valence-electron chi connectivity index (χ2n) is 5.00. The van der Waals surface area contributed by atoms with E-state index in [1.807, 2.05) is 30.3 Å². The van der Waals surface area contributed by atoms with Gasteiger partial charge >= 0.3 is 0 Å². The third-order valence-corrected chi connectivity index (χ3v) is 3.15. The lowest BCUT2D eigenvalue weighted by Gasteiger charge is -2.24. The van der Waals surface area contributed by atoms with Gasteiger partial charge in [0.1, 0.15) is 0 Å². The number of carbonyl (C=O) groups is 1. The van der Waals surface area contributed by atoms with Crippen molar-refractivity contribution in [1.82, 2.24) is 5.32 Å². The van der Waals surface area contributed by atoms with Gasteiger partial charge in [-0.05, 0) is 11.5 Å². The Labute approximate surface area is 115 Å². The summed E-state index contributed by atoms with van der Waals surface area (Å²) >= 11 is 0. The Morgan fingerprint density at radius 2 is 1.95 bits per heavy atom. The van der Waals surface area contributed by atoms with Gasteiger partial charge in [-0.3, -0.25) is 4.79 Å². The standard InChI is InChI=1S/C15H24N2O2/c1-11(2)15(12-7-5-4-6-8-12)17-14(18)9-13(10-16)19-3/h4-8,11,13,15H,9-10,16H2,1-3H3,(H,17,18). The number of nitrogens with two attached hydrogens (primary N) is 1. The van der Waals surface area contributed by atoms with E-state index in [0.717, 1.165) is 5.56 Å². The minimum absolute atomic E-state index is 0.0176. The van der Waals surface area contributed by atoms with Crippen LogP contribution >= 0.6 is 0 Å². The van der Waals surface area contributed by atoms with E-state index in [2.05, 4.69) is 19.2 Å². The predicted molar refractivity (Wildman–Crippen MR) is 76.6 cm³/mol. The molecule has 0 aliphatic rings. The van der Waals surface area contributed by atoms with Crippen molar-refractivity contribution in [3.63, 3.8) is 0 Å². The van der Waals surface area contributed by atoms with Crippen LogP contribution < -0.4 is 11.1 Å². The number of amides is 1. The number of carbonyl (C=O) groups excluding carboxylic acids is 1. The summed E-state index contributed by atoms with van der Waals surface area (Å²) in [5.74, 6) is 0.296. The molecule has 4 nitrogen and oxygen atoms in total. The number of benzene rings is 1. The summed E-state index contributed by atoms with van der Waals surface area (Å²) in [6.07, 6.45) is 0.0758. The SMILES string of the molecule is COC(CN)CC(=O)NC(c1ccccc1)C(C)C. The molecule has 0 radical (unpaired) electrons. The van der Waals surface area contributed by atoms with Gasteiger partial charge in [0.15, 0.2) is 0 Å². The van der Waals surface area contributed by atoms with Crippen LogP contribution in [0, 0.1) is 5.92 Å². The van der Waals surface area contributed by atoms with Gasteiger partial charge in [0.25, 0.3) is 0 Å². The lowest BCUT2D eigenvalue weighted by molar-refractivity contribution is -0.124. The first-order valence-electron chi connectivity index (χ1n) is 6.65. The zero-order chi connectivity index (χ0) is 14.3. The van der Waals surface area contributed by atoms with Crippen molar-refractivity contribution >= 4 is 5.91 Å². The minimum Gasteiger partial charge on any atom is -0.380 e. The molecule has 1 aromatic carbocycles. The van der Waals surface area contributed by atoms with Crippen molar-refractivity contribution in [2.75, 3.05) is 13.7 Å². The molecular weight excluding hydrogens is 240 g/mol. The average molecular weight is 264 g/mol. The van der Waals surface area contributed by atoms with Crippen molar-refractivity contribution in [3.05, 3.63) is 35.9 Å². The Hall–Kier alpha value is -1.39. The van der Waals surface area contributed by atoms with Crippen LogP contribution in [0.25, 0.3) is 0 Å². The summed E-state index contributed by atoms with van der Waals surface area (Å²) in [7, 11) is 1.57. The molecule has 0 saturated heterocycles. The highest BCUT2D eigenvalue weighted by atomic mass is 16.5. The quantitative estimate of drug-likeness (QED) is 0.790. The number of hydrogen-bond donors (Lipinski definition) is 2. The van der Waals surface area contributed by atoms with Crippen LogP contribution in [-0.2, 0) is 9.53 Å². The van der Waals surface area contributed by atoms with Crippen LogP contribution in [-0.4, -0.2) is 25.7 Å². The van der Waals surface area contributed by atoms with Gasteiger partial charge in [-0.1, -0.05) is 44.2 Å². The summed E-state index contributed by atoms with van der Waals surface area (Å²) in [4.78, 5) is 12.0. The molecule has 4 heteroatoms. The van der Waals surface area contributed by atoms with E-state index >= 15 is 0 Å². The number of methoxy groups -OCH3 is 1. The maximum Gasteiger partial charge on any atom is 0.223 e. The van der Waals surface area contributed by atoms with Crippen molar-refractivity contribution in [2.45, 2.75) is 32.4 Å². The van der Waals surface area contributed by atoms with Crippen molar-refractivity contribution < 1.29 is 9.53 Å². The van der Waals surface area contributed by atoms with Gasteiger partial charge in [-0.2, -0.15) is 0 Å². The van der Waals surface area contributed by atoms with E-state index in [9.17, 15) is 4.79 Å². The second-order valence-corrected chi connectivity index (χ2v) is 5.00. The molecule has 0 aliphatic heterocycles. The molecule has 0 bridgehead atoms. The molecule has 0 fully saturated rings. The van der Waals surface area contributed by atoms with E-state index in [0.29, 0.717) is 18.9 Å². The number of ether oxygens (including phenoxy) is 1. The molecule has 3 N–H and O–H groups in total. The fraction of sp³-hybridized carbons (Fsp3) is 0.533. The molecule has 1 rings (SSSR count). The predicted octanol–water partition coefficient (Wildman–Crippen LogP) is 1.86. The molecule has 2 atom stereocenters. The van der Waals surface area contributed by atoms with E-state index < -0.39 is 0 Å². The summed E-state index contributed by atoms with van der Waals surface area (Å²) in [6.45, 7) is 4.53. The maximum absolute atomic E-state index is 12.0. The van der Waals surface area contributed by atoms with Gasteiger partial charge < -0.3 is 15.8 Å². The van der Waals surface area contributed by atoms with Crippen LogP contribution in [0.15, 0.2) is 30.3 Å². The summed E-state index contributed by atoms with van der Waals surface area (Å²) in [5.41, 5.74) is 6.65. The zero-order valence-electron chi connectivity index (χ0n) is 11.9. The zero-order valence-corrected chi connectivity index (χ0v) is 11.9. The van der Waals surface area contributed by atoms with Crippen LogP contribution in [0.3, 0.4) is 0 Å². The van der Waals surface area contributed by atoms with Gasteiger partial charge in [0.2, 0.25) is 5.91 Å². The Balaban J connectivity index is 2.67. The normalized spacial score (nSPS) is 14.2. The van der Waals surface area contributed by atoms with Crippen molar-refractivity contribution in [1.29, 1.82) is 0 Å². The Morgan fingerprint density at radius 3 is 2.42 bits per heavy atom. The molecule has 106 valence electrons. The summed E-state index contributed by atoms with van der Waals surface area (Å²) in [6, 6.07) is 10.0. The van der Waals surface area contributed by atoms with Gasteiger partial charge in [0, 0.05) is 13.7 Å². The fourth-order valence-electron chi connectivity index (χ4n) is 2.00. The average Bonchev–Trinajstić information content (AvgIpc) is 2.42. The molecular formula is C15H24N2O2. The van der Waals surface area contributed by atoms with Gasteiger partial charge in [-0.25, -0.2) is 0 Å². The minimum atomic E-state index is -0.219. The largest absolute Gasteiger partial charge is 0.380 e. The first-order chi connectivity index (χ1) is 9.08. The van der Waals surface area contributed by atoms with E-state index in [-0.39, 0.29) is 18.1 Å². The summed E-state index contributed by atoms with van der Waals surface area (Å²) in [5, 5.41) is 3.06. The molecule has 0 saturated carbocycles. The van der Waals surface area contributed by atoms with E-state index in [4.69, 9.17) is 10.5 Å². The maximum atomic E-state index is 12.0. The first-order valence-corrected chi connectivity index (χ1v) is 6.65. The Morgan fingerprint density at radius 1 is 1.32 bits per heavy atom. The molecule has 0 aliphatic carbocycles. The molecule has 19 heavy (non-hydrogen) atoms. The number of nitrogens with one attached hydrogen (secondary N) is 1. The highest BCUT2D eigenvalue weighted by molar-refractivity contribution is 5.77. The summed E-state index contributed by atoms with van der Waals surface area (Å²) < 4.78 is 5.13.